The second-order valence-electron chi connectivity index (χ2n) is 6.95. The van der Waals surface area contributed by atoms with Crippen molar-refractivity contribution >= 4 is 42.2 Å². The minimum Gasteiger partial charge on any atom is -0.493 e. The Labute approximate surface area is 189 Å². The smallest absolute Gasteiger partial charge is 0.361 e. The number of hydrogen-bond donors (Lipinski definition) is 2. The molecule has 2 heterocycles. The first-order chi connectivity index (χ1) is 15.0. The highest BCUT2D eigenvalue weighted by molar-refractivity contribution is 8.01. The molecule has 0 bridgehead atoms. The average Bonchev–Trinajstić information content (AvgIpc) is 2.78. The lowest BCUT2D eigenvalue weighted by molar-refractivity contribution is -0.149. The molecule has 4 rings (SSSR count). The van der Waals surface area contributed by atoms with Crippen LogP contribution in [0.25, 0.3) is 0 Å². The quantitative estimate of drug-likeness (QED) is 0.301. The van der Waals surface area contributed by atoms with Crippen LogP contribution in [0, 0.1) is 0 Å². The van der Waals surface area contributed by atoms with Crippen LogP contribution in [0.15, 0.2) is 65.2 Å². The Hall–Kier alpha value is -2.91. The molecule has 0 aliphatic carbocycles. The molecule has 31 heavy (non-hydrogen) atoms. The number of nitrogens with one attached hydrogen (secondary N) is 1. The number of rotatable bonds is 6. The maximum absolute atomic E-state index is 12.9. The summed E-state index contributed by atoms with van der Waals surface area (Å²) >= 11 is 5.84. The fourth-order valence-electron chi connectivity index (χ4n) is 3.45. The number of carbonyl (C=O) groups excluding carboxylic acids is 3. The molecule has 2 aliphatic rings. The summed E-state index contributed by atoms with van der Waals surface area (Å²) in [5.41, 5.74) is 0.954. The summed E-state index contributed by atoms with van der Waals surface area (Å²) in [6.45, 7) is 0. The maximum Gasteiger partial charge on any atom is 0.361 e. The molecule has 1 N–H and O–H groups in total. The minimum atomic E-state index is -0.697. The molecule has 7 nitrogen and oxygen atoms in total. The van der Waals surface area contributed by atoms with E-state index in [0.29, 0.717) is 16.4 Å². The summed E-state index contributed by atoms with van der Waals surface area (Å²) in [6.07, 6.45) is 0.179. The molecule has 1 saturated heterocycles. The second-order valence-corrected chi connectivity index (χ2v) is 8.60. The number of methoxy groups -OCH3 is 1. The van der Waals surface area contributed by atoms with Gasteiger partial charge in [0.25, 0.3) is 5.91 Å². The van der Waals surface area contributed by atoms with Gasteiger partial charge < -0.3 is 14.8 Å². The molecule has 2 amide bonds. The van der Waals surface area contributed by atoms with Crippen LogP contribution >= 0.6 is 24.4 Å². The summed E-state index contributed by atoms with van der Waals surface area (Å²) in [6, 6.07) is 15.3. The van der Waals surface area contributed by atoms with E-state index < -0.39 is 12.0 Å². The number of para-hydroxylation sites is 2. The minimum absolute atomic E-state index is 0.0940. The van der Waals surface area contributed by atoms with Crippen LogP contribution in [-0.2, 0) is 20.8 Å². The van der Waals surface area contributed by atoms with Crippen molar-refractivity contribution in [3.63, 3.8) is 0 Å². The van der Waals surface area contributed by atoms with Crippen molar-refractivity contribution in [2.24, 2.45) is 0 Å². The number of esters is 1. The molecular weight excluding hydrogens is 436 g/mol. The normalized spacial score (nSPS) is 19.9. The standard InChI is InChI=1S/C22H20N2O5S2/c1-28-14-9-5-6-10-15(14)29-22(27)19-16(30)12-31-21-18(20(26)24(19)21)23-17(25)11-13-7-3-2-4-8-13/h2-10,18,21,30H,11-12H2,1H3,(H,23,25)/t18-,21-/m1/s1. The van der Waals surface area contributed by atoms with E-state index >= 15 is 0 Å². The largest absolute Gasteiger partial charge is 0.493 e. The van der Waals surface area contributed by atoms with Crippen LogP contribution in [0.4, 0.5) is 0 Å². The van der Waals surface area contributed by atoms with E-state index in [1.54, 1.807) is 24.3 Å². The second kappa shape index (κ2) is 9.07. The third-order valence-electron chi connectivity index (χ3n) is 4.94. The van der Waals surface area contributed by atoms with E-state index in [9.17, 15) is 14.4 Å². The molecule has 0 aromatic heterocycles. The number of thioether (sulfide) groups is 1. The van der Waals surface area contributed by atoms with Crippen molar-refractivity contribution in [1.82, 2.24) is 10.2 Å². The van der Waals surface area contributed by atoms with Crippen LogP contribution in [0.2, 0.25) is 0 Å². The van der Waals surface area contributed by atoms with Gasteiger partial charge in [-0.2, -0.15) is 0 Å². The van der Waals surface area contributed by atoms with Crippen molar-refractivity contribution in [2.45, 2.75) is 17.8 Å². The van der Waals surface area contributed by atoms with Gasteiger partial charge in [-0.3, -0.25) is 14.5 Å². The highest BCUT2D eigenvalue weighted by Crippen LogP contribution is 2.42. The Bertz CT molecular complexity index is 1060. The molecule has 0 spiro atoms. The van der Waals surface area contributed by atoms with Crippen LogP contribution in [0.3, 0.4) is 0 Å². The van der Waals surface area contributed by atoms with E-state index in [0.717, 1.165) is 5.56 Å². The molecule has 160 valence electrons. The zero-order valence-electron chi connectivity index (χ0n) is 16.6. The van der Waals surface area contributed by atoms with Gasteiger partial charge in [0, 0.05) is 10.7 Å². The Kier molecular flexibility index (Phi) is 6.24. The number of thiol groups is 1. The third kappa shape index (κ3) is 4.28. The molecule has 2 aliphatic heterocycles. The number of benzene rings is 2. The molecule has 9 heteroatoms. The van der Waals surface area contributed by atoms with Gasteiger partial charge in [0.2, 0.25) is 5.91 Å². The van der Waals surface area contributed by atoms with Crippen LogP contribution < -0.4 is 14.8 Å². The van der Waals surface area contributed by atoms with Gasteiger partial charge in [0.15, 0.2) is 11.5 Å². The monoisotopic (exact) mass is 456 g/mol. The number of nitrogens with zero attached hydrogens (tertiary/aromatic N) is 1. The van der Waals surface area contributed by atoms with Crippen LogP contribution in [0.5, 0.6) is 11.5 Å². The summed E-state index contributed by atoms with van der Waals surface area (Å²) in [4.78, 5) is 39.9. The zero-order valence-corrected chi connectivity index (χ0v) is 18.3. The van der Waals surface area contributed by atoms with E-state index in [2.05, 4.69) is 17.9 Å². The fraction of sp³-hybridized carbons (Fsp3) is 0.227. The molecular formula is C22H20N2O5S2. The van der Waals surface area contributed by atoms with Crippen molar-refractivity contribution < 1.29 is 23.9 Å². The molecule has 2 atom stereocenters. The van der Waals surface area contributed by atoms with E-state index in [1.165, 1.54) is 23.8 Å². The number of amides is 2. The number of β-lactam (4-membered cyclic amide) rings is 1. The first-order valence-electron chi connectivity index (χ1n) is 9.55. The van der Waals surface area contributed by atoms with E-state index in [-0.39, 0.29) is 35.1 Å². The Morgan fingerprint density at radius 2 is 1.81 bits per heavy atom. The van der Waals surface area contributed by atoms with Crippen LogP contribution in [0.1, 0.15) is 5.56 Å². The third-order valence-corrected chi connectivity index (χ3v) is 6.80. The Morgan fingerprint density at radius 1 is 1.13 bits per heavy atom. The lowest BCUT2D eigenvalue weighted by Gasteiger charge is -2.49. The maximum atomic E-state index is 12.9. The lowest BCUT2D eigenvalue weighted by atomic mass is 10.0. The number of carbonyl (C=O) groups is 3. The van der Waals surface area contributed by atoms with Crippen molar-refractivity contribution in [3.8, 4) is 11.5 Å². The molecule has 2 aromatic carbocycles. The highest BCUT2D eigenvalue weighted by Gasteiger charge is 2.54. The van der Waals surface area contributed by atoms with Gasteiger partial charge in [-0.05, 0) is 17.7 Å². The van der Waals surface area contributed by atoms with Crippen molar-refractivity contribution in [3.05, 3.63) is 70.8 Å². The molecule has 0 radical (unpaired) electrons. The summed E-state index contributed by atoms with van der Waals surface area (Å²) in [5.74, 6) is -0.221. The average molecular weight is 457 g/mol. The summed E-state index contributed by atoms with van der Waals surface area (Å²) in [5, 5.41) is 2.40. The van der Waals surface area contributed by atoms with E-state index in [4.69, 9.17) is 9.47 Å². The molecule has 0 saturated carbocycles. The zero-order chi connectivity index (χ0) is 22.0. The molecule has 2 aromatic rings. The first-order valence-corrected chi connectivity index (χ1v) is 11.0. The Balaban J connectivity index is 1.45. The van der Waals surface area contributed by atoms with Crippen molar-refractivity contribution in [1.29, 1.82) is 0 Å². The number of hydrogen-bond acceptors (Lipinski definition) is 7. The Morgan fingerprint density at radius 3 is 2.52 bits per heavy atom. The molecule has 1 fully saturated rings. The lowest BCUT2D eigenvalue weighted by Crippen LogP contribution is -2.70. The van der Waals surface area contributed by atoms with Gasteiger partial charge in [-0.25, -0.2) is 4.79 Å². The molecule has 0 unspecified atom stereocenters. The predicted molar refractivity (Wildman–Crippen MR) is 120 cm³/mol. The predicted octanol–water partition coefficient (Wildman–Crippen LogP) is 2.38. The summed E-state index contributed by atoms with van der Waals surface area (Å²) in [7, 11) is 1.48. The highest BCUT2D eigenvalue weighted by atomic mass is 32.2. The van der Waals surface area contributed by atoms with Crippen molar-refractivity contribution in [2.75, 3.05) is 12.9 Å². The first kappa shape index (κ1) is 21.3. The topological polar surface area (TPSA) is 84.9 Å². The van der Waals surface area contributed by atoms with Gasteiger partial charge in [0.1, 0.15) is 17.1 Å². The van der Waals surface area contributed by atoms with Crippen LogP contribution in [-0.4, -0.2) is 47.0 Å². The number of fused-ring (bicyclic) bond motifs is 1. The van der Waals surface area contributed by atoms with E-state index in [1.807, 2.05) is 30.3 Å². The fourth-order valence-corrected chi connectivity index (χ4v) is 5.07. The van der Waals surface area contributed by atoms with Gasteiger partial charge in [-0.1, -0.05) is 42.5 Å². The SMILES string of the molecule is COc1ccccc1OC(=O)C1=C(S)CS[C@@H]2[C@H](NC(=O)Cc3ccccc3)C(=O)N12. The van der Waals surface area contributed by atoms with Gasteiger partial charge in [-0.15, -0.1) is 24.4 Å². The van der Waals surface area contributed by atoms with Gasteiger partial charge >= 0.3 is 5.97 Å². The summed E-state index contributed by atoms with van der Waals surface area (Å²) < 4.78 is 10.7. The number of ether oxygens (including phenoxy) is 2. The van der Waals surface area contributed by atoms with Gasteiger partial charge in [0.05, 0.1) is 13.5 Å².